The van der Waals surface area contributed by atoms with Crippen molar-refractivity contribution in [3.05, 3.63) is 29.8 Å². The van der Waals surface area contributed by atoms with E-state index in [2.05, 4.69) is 0 Å². The van der Waals surface area contributed by atoms with Gasteiger partial charge < -0.3 is 56.8 Å². The van der Waals surface area contributed by atoms with E-state index in [0.717, 1.165) is 12.0 Å². The topological polar surface area (TPSA) is 171 Å². The van der Waals surface area contributed by atoms with Crippen molar-refractivity contribution in [1.82, 2.24) is 0 Å². The monoisotopic (exact) mass is 770 g/mol. The Labute approximate surface area is 309 Å². The van der Waals surface area contributed by atoms with Gasteiger partial charge in [-0.2, -0.15) is 8.42 Å². The molecule has 0 heterocycles. The van der Waals surface area contributed by atoms with Crippen molar-refractivity contribution in [3.8, 4) is 0 Å². The number of hydrogen-bond acceptors (Lipinski definition) is 16. The van der Waals surface area contributed by atoms with Gasteiger partial charge in [-0.15, -0.1) is 0 Å². The van der Waals surface area contributed by atoms with Gasteiger partial charge in [0, 0.05) is 6.42 Å². The second-order valence-corrected chi connectivity index (χ2v) is 12.4. The summed E-state index contributed by atoms with van der Waals surface area (Å²) in [5, 5.41) is 0. The molecule has 304 valence electrons. The summed E-state index contributed by atoms with van der Waals surface area (Å²) in [4.78, 5) is 11.3. The van der Waals surface area contributed by atoms with E-state index in [-0.39, 0.29) is 30.7 Å². The highest BCUT2D eigenvalue weighted by Gasteiger charge is 2.14. The van der Waals surface area contributed by atoms with Crippen LogP contribution in [0.25, 0.3) is 0 Å². The third-order valence-electron chi connectivity index (χ3n) is 6.44. The zero-order valence-corrected chi connectivity index (χ0v) is 32.0. The van der Waals surface area contributed by atoms with Crippen LogP contribution in [0.15, 0.2) is 29.2 Å². The van der Waals surface area contributed by atoms with Crippen LogP contribution in [0.2, 0.25) is 0 Å². The molecule has 0 N–H and O–H groups in total. The van der Waals surface area contributed by atoms with Crippen molar-refractivity contribution >= 4 is 16.1 Å². The van der Waals surface area contributed by atoms with E-state index in [4.69, 9.17) is 61.0 Å². The minimum atomic E-state index is -3.78. The van der Waals surface area contributed by atoms with E-state index in [0.29, 0.717) is 145 Å². The Morgan fingerprint density at radius 2 is 0.712 bits per heavy atom. The Balaban J connectivity index is 1.66. The molecule has 0 saturated carbocycles. The summed E-state index contributed by atoms with van der Waals surface area (Å²) in [6.45, 7) is 13.6. The van der Waals surface area contributed by atoms with E-state index in [1.807, 2.05) is 13.8 Å². The summed E-state index contributed by atoms with van der Waals surface area (Å²) in [6, 6.07) is 6.47. The smallest absolute Gasteiger partial charge is 0.305 e. The van der Waals surface area contributed by atoms with E-state index in [1.165, 1.54) is 12.1 Å². The van der Waals surface area contributed by atoms with Crippen molar-refractivity contribution in [2.75, 3.05) is 159 Å². The number of rotatable bonds is 40. The summed E-state index contributed by atoms with van der Waals surface area (Å²) in [5.41, 5.74) is 0.972. The number of ether oxygens (including phenoxy) is 12. The van der Waals surface area contributed by atoms with Gasteiger partial charge in [-0.1, -0.05) is 24.6 Å². The number of esters is 1. The highest BCUT2D eigenvalue weighted by Crippen LogP contribution is 2.12. The maximum Gasteiger partial charge on any atom is 0.305 e. The molecule has 0 radical (unpaired) electrons. The number of carbonyl (C=O) groups is 1. The van der Waals surface area contributed by atoms with Crippen LogP contribution in [0.5, 0.6) is 0 Å². The normalized spacial score (nSPS) is 11.7. The van der Waals surface area contributed by atoms with Crippen LogP contribution in [0.4, 0.5) is 0 Å². The van der Waals surface area contributed by atoms with Crippen molar-refractivity contribution in [2.24, 2.45) is 0 Å². The fourth-order valence-corrected chi connectivity index (χ4v) is 4.66. The van der Waals surface area contributed by atoms with E-state index >= 15 is 0 Å². The van der Waals surface area contributed by atoms with E-state index in [9.17, 15) is 13.2 Å². The van der Waals surface area contributed by atoms with Crippen molar-refractivity contribution in [3.63, 3.8) is 0 Å². The van der Waals surface area contributed by atoms with Crippen LogP contribution in [0.1, 0.15) is 25.3 Å². The standard InChI is InChI=1S/C35H62O16S/c1-3-4-35(36)50-31-29-48-27-25-46-23-21-44-19-17-42-15-13-40-11-9-39-10-12-41-14-16-43-18-20-45-22-24-47-26-28-49-30-32-51-52(37,38)34-7-5-33(2)6-8-34/h5-8H,3-4,9-32H2,1-2H3. The number of carbonyl (C=O) groups excluding carboxylic acids is 1. The first-order valence-corrected chi connectivity index (χ1v) is 19.3. The molecule has 1 aromatic rings. The number of hydrogen-bond donors (Lipinski definition) is 0. The first-order valence-electron chi connectivity index (χ1n) is 17.9. The summed E-state index contributed by atoms with van der Waals surface area (Å²) in [7, 11) is -3.78. The first kappa shape index (κ1) is 48.2. The second kappa shape index (κ2) is 36.2. The lowest BCUT2D eigenvalue weighted by molar-refractivity contribution is -0.145. The minimum Gasteiger partial charge on any atom is -0.463 e. The van der Waals surface area contributed by atoms with Gasteiger partial charge in [0.2, 0.25) is 0 Å². The maximum absolute atomic E-state index is 12.1. The molecular weight excluding hydrogens is 708 g/mol. The van der Waals surface area contributed by atoms with Gasteiger partial charge in [-0.3, -0.25) is 8.98 Å². The molecule has 52 heavy (non-hydrogen) atoms. The van der Waals surface area contributed by atoms with Gasteiger partial charge in [-0.25, -0.2) is 0 Å². The summed E-state index contributed by atoms with van der Waals surface area (Å²) >= 11 is 0. The van der Waals surface area contributed by atoms with E-state index in [1.54, 1.807) is 12.1 Å². The molecule has 0 aliphatic rings. The molecule has 1 rings (SSSR count). The highest BCUT2D eigenvalue weighted by molar-refractivity contribution is 7.86. The van der Waals surface area contributed by atoms with Crippen LogP contribution in [-0.2, 0) is 75.9 Å². The van der Waals surface area contributed by atoms with Gasteiger partial charge in [-0.05, 0) is 25.5 Å². The lowest BCUT2D eigenvalue weighted by atomic mass is 10.2. The molecule has 0 aliphatic heterocycles. The predicted octanol–water partition coefficient (Wildman–Crippen LogP) is 2.23. The Kier molecular flexibility index (Phi) is 33.5. The Morgan fingerprint density at radius 3 is 1.00 bits per heavy atom. The van der Waals surface area contributed by atoms with Crippen molar-refractivity contribution in [2.45, 2.75) is 31.6 Å². The Morgan fingerprint density at radius 1 is 0.442 bits per heavy atom. The number of aryl methyl sites for hydroxylation is 1. The minimum absolute atomic E-state index is 0.0641. The van der Waals surface area contributed by atoms with Gasteiger partial charge in [0.1, 0.15) is 6.61 Å². The molecule has 0 bridgehead atoms. The molecule has 0 unspecified atom stereocenters. The van der Waals surface area contributed by atoms with Gasteiger partial charge in [0.15, 0.2) is 0 Å². The average molecular weight is 771 g/mol. The third kappa shape index (κ3) is 31.7. The molecule has 0 atom stereocenters. The zero-order chi connectivity index (χ0) is 37.6. The first-order chi connectivity index (χ1) is 25.5. The maximum atomic E-state index is 12.1. The van der Waals surface area contributed by atoms with Gasteiger partial charge in [0.05, 0.1) is 157 Å². The molecule has 0 aromatic heterocycles. The molecule has 1 aromatic carbocycles. The fraction of sp³-hybridized carbons (Fsp3) is 0.800. The second-order valence-electron chi connectivity index (χ2n) is 10.8. The van der Waals surface area contributed by atoms with Crippen LogP contribution in [0, 0.1) is 6.92 Å². The predicted molar refractivity (Wildman–Crippen MR) is 189 cm³/mol. The highest BCUT2D eigenvalue weighted by atomic mass is 32.2. The largest absolute Gasteiger partial charge is 0.463 e. The van der Waals surface area contributed by atoms with Crippen LogP contribution < -0.4 is 0 Å². The average Bonchev–Trinajstić information content (AvgIpc) is 3.13. The molecule has 0 amide bonds. The lowest BCUT2D eigenvalue weighted by Gasteiger charge is -2.09. The van der Waals surface area contributed by atoms with Crippen LogP contribution in [0.3, 0.4) is 0 Å². The van der Waals surface area contributed by atoms with Crippen molar-refractivity contribution < 1.29 is 74.2 Å². The van der Waals surface area contributed by atoms with E-state index < -0.39 is 10.1 Å². The molecule has 16 nitrogen and oxygen atoms in total. The quantitative estimate of drug-likeness (QED) is 0.0540. The third-order valence-corrected chi connectivity index (χ3v) is 7.77. The molecular formula is C35H62O16S. The van der Waals surface area contributed by atoms with Crippen LogP contribution >= 0.6 is 0 Å². The molecule has 0 saturated heterocycles. The molecule has 0 spiro atoms. The summed E-state index contributed by atoms with van der Waals surface area (Å²) in [5.74, 6) is -0.195. The van der Waals surface area contributed by atoms with Crippen molar-refractivity contribution in [1.29, 1.82) is 0 Å². The Bertz CT molecular complexity index is 1030. The fourth-order valence-electron chi connectivity index (χ4n) is 3.77. The van der Waals surface area contributed by atoms with Gasteiger partial charge >= 0.3 is 5.97 Å². The Hall–Kier alpha value is -1.84. The summed E-state index contributed by atoms with van der Waals surface area (Å²) < 4.78 is 93.9. The SMILES string of the molecule is CCCC(=O)OCCOCCOCCOCCOCCOCCOCCOCCOCCOCCOCCOCCOS(=O)(=O)c1ccc(C)cc1. The van der Waals surface area contributed by atoms with Gasteiger partial charge in [0.25, 0.3) is 10.1 Å². The number of benzene rings is 1. The lowest BCUT2D eigenvalue weighted by Crippen LogP contribution is -2.16. The molecule has 0 aliphatic carbocycles. The zero-order valence-electron chi connectivity index (χ0n) is 31.1. The molecule has 0 fully saturated rings. The van der Waals surface area contributed by atoms with Crippen LogP contribution in [-0.4, -0.2) is 173 Å². The summed E-state index contributed by atoms with van der Waals surface area (Å²) in [6.07, 6.45) is 1.21. The molecule has 17 heteroatoms.